The summed E-state index contributed by atoms with van der Waals surface area (Å²) in [6, 6.07) is 2.93. The number of nitrogens with one attached hydrogen (secondary N) is 2. The summed E-state index contributed by atoms with van der Waals surface area (Å²) in [4.78, 5) is 26.0. The lowest BCUT2D eigenvalue weighted by molar-refractivity contribution is -0.00881. The predicted molar refractivity (Wildman–Crippen MR) is 134 cm³/mol. The smallest absolute Gasteiger partial charge is 0.406 e. The Morgan fingerprint density at radius 2 is 1.95 bits per heavy atom. The van der Waals surface area contributed by atoms with E-state index in [2.05, 4.69) is 15.4 Å². The maximum absolute atomic E-state index is 14.0. The largest absolute Gasteiger partial charge is 0.453 e. The first-order valence-corrected chi connectivity index (χ1v) is 13.1. The van der Waals surface area contributed by atoms with Crippen LogP contribution in [0.2, 0.25) is 0 Å². The first kappa shape index (κ1) is 29.1. The minimum atomic E-state index is -0.699. The second-order valence-electron chi connectivity index (χ2n) is 9.88. The number of rotatable bonds is 10. The zero-order valence-corrected chi connectivity index (χ0v) is 21.6. The lowest BCUT2D eigenvalue weighted by atomic mass is 9.88. The Kier molecular flexibility index (Phi) is 11.8. The second-order valence-corrected chi connectivity index (χ2v) is 9.88. The van der Waals surface area contributed by atoms with Crippen molar-refractivity contribution in [2.75, 3.05) is 53.1 Å². The van der Waals surface area contributed by atoms with Gasteiger partial charge in [-0.15, -0.1) is 0 Å². The number of nitrogens with two attached hydrogens (primary N) is 1. The van der Waals surface area contributed by atoms with E-state index >= 15 is 0 Å². The molecule has 1 aromatic rings. The Labute approximate surface area is 217 Å². The highest BCUT2D eigenvalue weighted by molar-refractivity contribution is 5.74. The van der Waals surface area contributed by atoms with Crippen LogP contribution in [0.4, 0.5) is 18.4 Å². The maximum Gasteiger partial charge on any atom is 0.406 e. The van der Waals surface area contributed by atoms with Crippen LogP contribution in [0.5, 0.6) is 0 Å². The van der Waals surface area contributed by atoms with Crippen molar-refractivity contribution in [3.63, 3.8) is 0 Å². The number of urea groups is 1. The van der Waals surface area contributed by atoms with Crippen LogP contribution in [-0.4, -0.2) is 76.2 Å². The Morgan fingerprint density at radius 1 is 1.16 bits per heavy atom. The van der Waals surface area contributed by atoms with E-state index in [0.29, 0.717) is 37.7 Å². The Hall–Kier alpha value is -2.50. The monoisotopic (exact) mass is 526 g/mol. The van der Waals surface area contributed by atoms with Crippen molar-refractivity contribution >= 4 is 12.1 Å². The molecule has 208 valence electrons. The molecule has 2 heterocycles. The van der Waals surface area contributed by atoms with Gasteiger partial charge in [0.1, 0.15) is 11.6 Å². The number of carbonyl (C=O) groups excluding carboxylic acids is 2. The molecule has 4 atom stereocenters. The fourth-order valence-corrected chi connectivity index (χ4v) is 5.09. The van der Waals surface area contributed by atoms with Crippen LogP contribution in [-0.2, 0) is 14.2 Å². The molecular weight excluding hydrogens is 486 g/mol. The van der Waals surface area contributed by atoms with Crippen molar-refractivity contribution in [1.82, 2.24) is 15.5 Å². The van der Waals surface area contributed by atoms with Crippen LogP contribution in [0.3, 0.4) is 0 Å². The number of alkyl carbamates (subject to hydrolysis) is 1. The topological polar surface area (TPSA) is 115 Å². The van der Waals surface area contributed by atoms with E-state index in [0.717, 1.165) is 51.2 Å². The number of piperidine rings is 1. The van der Waals surface area contributed by atoms with Gasteiger partial charge < -0.3 is 35.5 Å². The molecule has 3 amide bonds. The molecule has 2 saturated heterocycles. The third kappa shape index (κ3) is 9.71. The fourth-order valence-electron chi connectivity index (χ4n) is 5.09. The zero-order valence-electron chi connectivity index (χ0n) is 21.6. The summed E-state index contributed by atoms with van der Waals surface area (Å²) in [6.45, 7) is 3.10. The molecule has 37 heavy (non-hydrogen) atoms. The third-order valence-electron chi connectivity index (χ3n) is 6.90. The highest BCUT2D eigenvalue weighted by Crippen LogP contribution is 2.33. The number of benzene rings is 1. The highest BCUT2D eigenvalue weighted by Gasteiger charge is 2.32. The quantitative estimate of drug-likeness (QED) is 0.403. The van der Waals surface area contributed by atoms with Crippen LogP contribution >= 0.6 is 0 Å². The molecule has 2 aliphatic heterocycles. The maximum atomic E-state index is 14.0. The lowest BCUT2D eigenvalue weighted by Crippen LogP contribution is -2.49. The molecule has 3 rings (SSSR count). The van der Waals surface area contributed by atoms with Crippen molar-refractivity contribution < 1.29 is 32.6 Å². The summed E-state index contributed by atoms with van der Waals surface area (Å²) in [5.41, 5.74) is 6.65. The number of amides is 3. The molecule has 11 heteroatoms. The van der Waals surface area contributed by atoms with Gasteiger partial charge in [-0.05, 0) is 55.7 Å². The molecule has 9 nitrogen and oxygen atoms in total. The molecule has 0 bridgehead atoms. The predicted octanol–water partition coefficient (Wildman–Crippen LogP) is 3.33. The van der Waals surface area contributed by atoms with Gasteiger partial charge in [-0.25, -0.2) is 18.4 Å². The average molecular weight is 527 g/mol. The second kappa shape index (κ2) is 15.0. The number of ether oxygens (including phenoxy) is 3. The number of carbonyl (C=O) groups is 2. The number of nitrogens with zero attached hydrogens (tertiary/aromatic N) is 1. The van der Waals surface area contributed by atoms with E-state index in [-0.39, 0.29) is 31.1 Å². The van der Waals surface area contributed by atoms with Gasteiger partial charge in [-0.2, -0.15) is 0 Å². The number of hydrogen-bond acceptors (Lipinski definition) is 6. The minimum absolute atomic E-state index is 0.111. The molecule has 2 aliphatic rings. The Balaban J connectivity index is 1.57. The molecule has 1 aromatic carbocycles. The number of hydrogen-bond donors (Lipinski definition) is 3. The van der Waals surface area contributed by atoms with E-state index in [1.165, 1.54) is 19.2 Å². The van der Waals surface area contributed by atoms with Crippen molar-refractivity contribution in [3.8, 4) is 0 Å². The van der Waals surface area contributed by atoms with Gasteiger partial charge in [0.15, 0.2) is 0 Å². The standard InChI is InChI=1S/C26H40F2N4O5/c1-35-26(34)30-7-10-37-24(20-12-21(27)14-22(28)13-20)19-6-4-8-32(16-19)25(33)31-15-23(29)11-18-5-2-3-9-36-17-18/h12-14,18-19,23-24H,2-11,15-17,29H2,1H3,(H,30,34)(H,31,33)/t18-,19-,23+,24-/m1/s1. The molecular formula is C26H40F2N4O5. The normalized spacial score (nSPS) is 22.0. The van der Waals surface area contributed by atoms with Gasteiger partial charge in [-0.3, -0.25) is 0 Å². The van der Waals surface area contributed by atoms with Gasteiger partial charge in [-0.1, -0.05) is 6.42 Å². The number of methoxy groups -OCH3 is 1. The van der Waals surface area contributed by atoms with Crippen molar-refractivity contribution in [2.24, 2.45) is 17.6 Å². The molecule has 2 fully saturated rings. The molecule has 0 radical (unpaired) electrons. The molecule has 0 spiro atoms. The van der Waals surface area contributed by atoms with Crippen LogP contribution in [0.1, 0.15) is 50.2 Å². The highest BCUT2D eigenvalue weighted by atomic mass is 19.1. The summed E-state index contributed by atoms with van der Waals surface area (Å²) in [7, 11) is 1.26. The van der Waals surface area contributed by atoms with E-state index in [1.807, 2.05) is 0 Å². The zero-order chi connectivity index (χ0) is 26.6. The van der Waals surface area contributed by atoms with E-state index in [4.69, 9.17) is 15.2 Å². The lowest BCUT2D eigenvalue weighted by Gasteiger charge is -2.37. The van der Waals surface area contributed by atoms with Crippen molar-refractivity contribution in [1.29, 1.82) is 0 Å². The first-order chi connectivity index (χ1) is 17.9. The summed E-state index contributed by atoms with van der Waals surface area (Å²) < 4.78 is 44.2. The van der Waals surface area contributed by atoms with Crippen molar-refractivity contribution in [2.45, 2.75) is 50.7 Å². The Morgan fingerprint density at radius 3 is 2.70 bits per heavy atom. The van der Waals surface area contributed by atoms with Gasteiger partial charge in [0.2, 0.25) is 0 Å². The van der Waals surface area contributed by atoms with Gasteiger partial charge in [0.25, 0.3) is 0 Å². The number of likely N-dealkylation sites (tertiary alicyclic amines) is 1. The van der Waals surface area contributed by atoms with Gasteiger partial charge in [0, 0.05) is 57.4 Å². The van der Waals surface area contributed by atoms with Crippen LogP contribution in [0.25, 0.3) is 0 Å². The minimum Gasteiger partial charge on any atom is -0.453 e. The average Bonchev–Trinajstić information content (AvgIpc) is 3.15. The summed E-state index contributed by atoms with van der Waals surface area (Å²) >= 11 is 0. The van der Waals surface area contributed by atoms with Crippen LogP contribution in [0, 0.1) is 23.5 Å². The van der Waals surface area contributed by atoms with E-state index in [9.17, 15) is 18.4 Å². The Bertz CT molecular complexity index is 849. The fraction of sp³-hybridized carbons (Fsp3) is 0.692. The SMILES string of the molecule is COC(=O)NCCO[C@@H](c1cc(F)cc(F)c1)[C@@H]1CCCN(C(=O)NC[C@@H](N)C[C@H]2CCCCOC2)C1. The van der Waals surface area contributed by atoms with Crippen LogP contribution < -0.4 is 16.4 Å². The summed E-state index contributed by atoms with van der Waals surface area (Å²) in [5, 5.41) is 5.47. The summed E-state index contributed by atoms with van der Waals surface area (Å²) in [5.74, 6) is -1.17. The van der Waals surface area contributed by atoms with E-state index < -0.39 is 23.8 Å². The molecule has 4 N–H and O–H groups in total. The molecule has 0 unspecified atom stereocenters. The number of halogens is 2. The van der Waals surface area contributed by atoms with Crippen molar-refractivity contribution in [3.05, 3.63) is 35.4 Å². The third-order valence-corrected chi connectivity index (χ3v) is 6.90. The molecule has 0 aromatic heterocycles. The van der Waals surface area contributed by atoms with Gasteiger partial charge in [0.05, 0.1) is 19.8 Å². The summed E-state index contributed by atoms with van der Waals surface area (Å²) in [6.07, 6.45) is 4.29. The van der Waals surface area contributed by atoms with Gasteiger partial charge >= 0.3 is 12.1 Å². The first-order valence-electron chi connectivity index (χ1n) is 13.1. The van der Waals surface area contributed by atoms with Crippen LogP contribution in [0.15, 0.2) is 18.2 Å². The molecule has 0 saturated carbocycles. The molecule has 0 aliphatic carbocycles. The van der Waals surface area contributed by atoms with E-state index in [1.54, 1.807) is 4.90 Å².